The molecule has 116 valence electrons. The number of nitrogens with zero attached hydrogens (tertiary/aromatic N) is 1. The highest BCUT2D eigenvalue weighted by molar-refractivity contribution is 6.32. The van der Waals surface area contributed by atoms with E-state index in [2.05, 4.69) is 0 Å². The molecule has 0 heterocycles. The Kier molecular flexibility index (Phi) is 5.64. The van der Waals surface area contributed by atoms with Gasteiger partial charge in [-0.3, -0.25) is 10.1 Å². The van der Waals surface area contributed by atoms with E-state index in [-0.39, 0.29) is 34.0 Å². The number of benzene rings is 1. The summed E-state index contributed by atoms with van der Waals surface area (Å²) in [5.41, 5.74) is -0.170. The maximum absolute atomic E-state index is 11.0. The molecule has 1 aromatic rings. The zero-order valence-corrected chi connectivity index (χ0v) is 12.8. The van der Waals surface area contributed by atoms with Gasteiger partial charge in [0, 0.05) is 19.6 Å². The number of nitro groups is 1. The van der Waals surface area contributed by atoms with Crippen LogP contribution in [0.3, 0.4) is 0 Å². The average Bonchev–Trinajstić information content (AvgIpc) is 2.44. The average molecular weight is 336 g/mol. The van der Waals surface area contributed by atoms with Crippen LogP contribution in [0.5, 0.6) is 5.75 Å². The van der Waals surface area contributed by atoms with Gasteiger partial charge in [0.2, 0.25) is 5.75 Å². The SMILES string of the molecule is COCCOC1C(Cl)CC1Oc1c(Cl)cccc1[N+](=O)[O-]. The number of hydrogen-bond acceptors (Lipinski definition) is 5. The van der Waals surface area contributed by atoms with E-state index >= 15 is 0 Å². The fraction of sp³-hybridized carbons (Fsp3) is 0.538. The van der Waals surface area contributed by atoms with Crippen LogP contribution in [-0.4, -0.2) is 42.8 Å². The minimum atomic E-state index is -0.529. The Labute approximate surface area is 132 Å². The van der Waals surface area contributed by atoms with Gasteiger partial charge in [0.25, 0.3) is 0 Å². The zero-order valence-electron chi connectivity index (χ0n) is 11.3. The second kappa shape index (κ2) is 7.26. The quantitative estimate of drug-likeness (QED) is 0.331. The molecule has 0 amide bonds. The molecule has 1 aliphatic rings. The minimum absolute atomic E-state index is 0.0538. The first kappa shape index (κ1) is 16.3. The van der Waals surface area contributed by atoms with Crippen molar-refractivity contribution in [1.82, 2.24) is 0 Å². The normalized spacial score (nSPS) is 24.4. The van der Waals surface area contributed by atoms with Gasteiger partial charge in [-0.2, -0.15) is 0 Å². The maximum Gasteiger partial charge on any atom is 0.312 e. The Morgan fingerprint density at radius 2 is 2.19 bits per heavy atom. The Morgan fingerprint density at radius 1 is 1.43 bits per heavy atom. The summed E-state index contributed by atoms with van der Waals surface area (Å²) in [6, 6.07) is 4.39. The van der Waals surface area contributed by atoms with E-state index < -0.39 is 4.92 Å². The second-order valence-corrected chi connectivity index (χ2v) is 5.55. The van der Waals surface area contributed by atoms with Gasteiger partial charge < -0.3 is 14.2 Å². The Morgan fingerprint density at radius 3 is 2.81 bits per heavy atom. The lowest BCUT2D eigenvalue weighted by Gasteiger charge is -2.40. The lowest BCUT2D eigenvalue weighted by Crippen LogP contribution is -2.53. The molecule has 0 bridgehead atoms. The first-order valence-electron chi connectivity index (χ1n) is 6.38. The zero-order chi connectivity index (χ0) is 15.4. The largest absolute Gasteiger partial charge is 0.480 e. The molecule has 21 heavy (non-hydrogen) atoms. The predicted octanol–water partition coefficient (Wildman–Crippen LogP) is 3.04. The van der Waals surface area contributed by atoms with Crippen LogP contribution >= 0.6 is 23.2 Å². The summed E-state index contributed by atoms with van der Waals surface area (Å²) in [4.78, 5) is 10.5. The standard InChI is InChI=1S/C13H15Cl2NO5/c1-19-5-6-20-13-9(15)7-11(13)21-12-8(14)3-2-4-10(12)16(17)18/h2-4,9,11,13H,5-7H2,1H3. The van der Waals surface area contributed by atoms with Crippen molar-refractivity contribution in [2.45, 2.75) is 24.0 Å². The predicted molar refractivity (Wildman–Crippen MR) is 78.4 cm³/mol. The van der Waals surface area contributed by atoms with Gasteiger partial charge in [-0.05, 0) is 6.07 Å². The molecule has 3 unspecified atom stereocenters. The number of nitro benzene ring substituents is 1. The fourth-order valence-electron chi connectivity index (χ4n) is 2.03. The van der Waals surface area contributed by atoms with Gasteiger partial charge in [-0.25, -0.2) is 0 Å². The van der Waals surface area contributed by atoms with Crippen molar-refractivity contribution in [3.63, 3.8) is 0 Å². The van der Waals surface area contributed by atoms with Crippen molar-refractivity contribution in [2.24, 2.45) is 0 Å². The number of para-hydroxylation sites is 1. The summed E-state index contributed by atoms with van der Waals surface area (Å²) in [5.74, 6) is 0.0538. The van der Waals surface area contributed by atoms with Crippen molar-refractivity contribution in [2.75, 3.05) is 20.3 Å². The third-order valence-corrected chi connectivity index (χ3v) is 3.91. The first-order valence-corrected chi connectivity index (χ1v) is 7.20. The van der Waals surface area contributed by atoms with Crippen LogP contribution in [-0.2, 0) is 9.47 Å². The van der Waals surface area contributed by atoms with Crippen molar-refractivity contribution in [3.05, 3.63) is 33.3 Å². The highest BCUT2D eigenvalue weighted by atomic mass is 35.5. The number of methoxy groups -OCH3 is 1. The molecule has 1 saturated carbocycles. The number of hydrogen-bond donors (Lipinski definition) is 0. The van der Waals surface area contributed by atoms with Gasteiger partial charge in [-0.1, -0.05) is 17.7 Å². The Bertz CT molecular complexity index is 513. The van der Waals surface area contributed by atoms with E-state index in [4.69, 9.17) is 37.4 Å². The van der Waals surface area contributed by atoms with E-state index in [1.165, 1.54) is 12.1 Å². The highest BCUT2D eigenvalue weighted by Gasteiger charge is 2.44. The van der Waals surface area contributed by atoms with Crippen molar-refractivity contribution in [1.29, 1.82) is 0 Å². The summed E-state index contributed by atoms with van der Waals surface area (Å²) >= 11 is 12.1. The van der Waals surface area contributed by atoms with Gasteiger partial charge in [0.15, 0.2) is 0 Å². The van der Waals surface area contributed by atoms with Gasteiger partial charge in [0.05, 0.1) is 28.5 Å². The van der Waals surface area contributed by atoms with Crippen LogP contribution in [0.15, 0.2) is 18.2 Å². The molecule has 1 fully saturated rings. The monoisotopic (exact) mass is 335 g/mol. The van der Waals surface area contributed by atoms with E-state index in [0.29, 0.717) is 19.6 Å². The van der Waals surface area contributed by atoms with E-state index in [1.807, 2.05) is 0 Å². The van der Waals surface area contributed by atoms with Crippen LogP contribution in [0, 0.1) is 10.1 Å². The Balaban J connectivity index is 2.06. The number of halogens is 2. The van der Waals surface area contributed by atoms with Crippen LogP contribution in [0.2, 0.25) is 5.02 Å². The van der Waals surface area contributed by atoms with Crippen molar-refractivity contribution < 1.29 is 19.1 Å². The van der Waals surface area contributed by atoms with Gasteiger partial charge in [-0.15, -0.1) is 11.6 Å². The second-order valence-electron chi connectivity index (χ2n) is 4.58. The van der Waals surface area contributed by atoms with Crippen LogP contribution in [0.1, 0.15) is 6.42 Å². The number of alkyl halides is 1. The van der Waals surface area contributed by atoms with E-state index in [1.54, 1.807) is 13.2 Å². The molecule has 6 nitrogen and oxygen atoms in total. The molecule has 0 saturated heterocycles. The van der Waals surface area contributed by atoms with E-state index in [0.717, 1.165) is 0 Å². The lowest BCUT2D eigenvalue weighted by molar-refractivity contribution is -0.386. The van der Waals surface area contributed by atoms with Gasteiger partial charge >= 0.3 is 5.69 Å². The summed E-state index contributed by atoms with van der Waals surface area (Å²) in [6.45, 7) is 0.827. The summed E-state index contributed by atoms with van der Waals surface area (Å²) < 4.78 is 16.1. The molecule has 0 aromatic heterocycles. The molecule has 8 heteroatoms. The van der Waals surface area contributed by atoms with Crippen LogP contribution in [0.4, 0.5) is 5.69 Å². The Hall–Kier alpha value is -1.08. The number of rotatable bonds is 7. The summed E-state index contributed by atoms with van der Waals surface area (Å²) in [5, 5.41) is 11.0. The van der Waals surface area contributed by atoms with Crippen molar-refractivity contribution >= 4 is 28.9 Å². The van der Waals surface area contributed by atoms with Crippen molar-refractivity contribution in [3.8, 4) is 5.75 Å². The van der Waals surface area contributed by atoms with Gasteiger partial charge in [0.1, 0.15) is 12.2 Å². The molecule has 0 radical (unpaired) electrons. The summed E-state index contributed by atoms with van der Waals surface area (Å²) in [6.07, 6.45) is -0.151. The third kappa shape index (κ3) is 3.77. The molecular weight excluding hydrogens is 321 g/mol. The molecule has 1 aliphatic carbocycles. The molecule has 1 aromatic carbocycles. The minimum Gasteiger partial charge on any atom is -0.480 e. The smallest absolute Gasteiger partial charge is 0.312 e. The molecule has 2 rings (SSSR count). The molecule has 0 N–H and O–H groups in total. The lowest BCUT2D eigenvalue weighted by atomic mass is 9.91. The summed E-state index contributed by atoms with van der Waals surface area (Å²) in [7, 11) is 1.57. The van der Waals surface area contributed by atoms with Crippen LogP contribution < -0.4 is 4.74 Å². The number of ether oxygens (including phenoxy) is 3. The molecule has 0 aliphatic heterocycles. The molecule has 3 atom stereocenters. The van der Waals surface area contributed by atoms with Crippen LogP contribution in [0.25, 0.3) is 0 Å². The molecular formula is C13H15Cl2NO5. The topological polar surface area (TPSA) is 70.8 Å². The third-order valence-electron chi connectivity index (χ3n) is 3.19. The van der Waals surface area contributed by atoms with E-state index in [9.17, 15) is 10.1 Å². The highest BCUT2D eigenvalue weighted by Crippen LogP contribution is 2.40. The maximum atomic E-state index is 11.0. The first-order chi connectivity index (χ1) is 10.0. The molecule has 0 spiro atoms. The fourth-order valence-corrected chi connectivity index (χ4v) is 2.66.